The van der Waals surface area contributed by atoms with E-state index in [4.69, 9.17) is 11.6 Å². The highest BCUT2D eigenvalue weighted by Crippen LogP contribution is 2.20. The fourth-order valence-corrected chi connectivity index (χ4v) is 3.20. The molecule has 1 aliphatic heterocycles. The Morgan fingerprint density at radius 1 is 1.30 bits per heavy atom. The molecule has 0 spiro atoms. The number of rotatable bonds is 5. The zero-order valence-corrected chi connectivity index (χ0v) is 13.5. The molecule has 0 saturated carbocycles. The number of hydrogen-bond acceptors (Lipinski definition) is 3. The smallest absolute Gasteiger partial charge is 0.0438 e. The Hall–Kier alpha value is -0.610. The van der Waals surface area contributed by atoms with Crippen molar-refractivity contribution in [2.75, 3.05) is 40.3 Å². The molecule has 0 aliphatic carbocycles. The Balaban J connectivity index is 2.11. The van der Waals surface area contributed by atoms with Crippen LogP contribution in [-0.4, -0.2) is 62.2 Å². The van der Waals surface area contributed by atoms with Gasteiger partial charge in [0.2, 0.25) is 0 Å². The Morgan fingerprint density at radius 2 is 2.05 bits per heavy atom. The summed E-state index contributed by atoms with van der Waals surface area (Å²) in [6.07, 6.45) is 0.982. The first-order valence-electron chi connectivity index (χ1n) is 7.47. The van der Waals surface area contributed by atoms with Gasteiger partial charge < -0.3 is 10.2 Å². The van der Waals surface area contributed by atoms with Gasteiger partial charge in [0.05, 0.1) is 0 Å². The molecule has 2 unspecified atom stereocenters. The van der Waals surface area contributed by atoms with Crippen LogP contribution in [0.15, 0.2) is 24.3 Å². The molecule has 1 aromatic rings. The molecule has 1 N–H and O–H groups in total. The normalized spacial score (nSPS) is 22.9. The van der Waals surface area contributed by atoms with Crippen LogP contribution in [0.4, 0.5) is 0 Å². The van der Waals surface area contributed by atoms with Gasteiger partial charge in [-0.05, 0) is 38.7 Å². The van der Waals surface area contributed by atoms with E-state index in [0.717, 1.165) is 37.6 Å². The maximum atomic E-state index is 6.32. The van der Waals surface area contributed by atoms with Gasteiger partial charge in [0.25, 0.3) is 0 Å². The molecule has 2 atom stereocenters. The van der Waals surface area contributed by atoms with Crippen LogP contribution >= 0.6 is 11.6 Å². The Morgan fingerprint density at radius 3 is 2.75 bits per heavy atom. The van der Waals surface area contributed by atoms with Crippen molar-refractivity contribution in [3.63, 3.8) is 0 Å². The number of hydrogen-bond donors (Lipinski definition) is 1. The van der Waals surface area contributed by atoms with Crippen molar-refractivity contribution in [2.24, 2.45) is 0 Å². The van der Waals surface area contributed by atoms with Crippen molar-refractivity contribution in [1.82, 2.24) is 15.1 Å². The molecule has 1 saturated heterocycles. The van der Waals surface area contributed by atoms with Gasteiger partial charge in [-0.2, -0.15) is 0 Å². The van der Waals surface area contributed by atoms with Crippen molar-refractivity contribution >= 4 is 11.6 Å². The number of likely N-dealkylation sites (N-methyl/N-ethyl adjacent to an activating group) is 3. The summed E-state index contributed by atoms with van der Waals surface area (Å²) in [4.78, 5) is 4.89. The molecule has 0 bridgehead atoms. The van der Waals surface area contributed by atoms with E-state index in [9.17, 15) is 0 Å². The first-order chi connectivity index (χ1) is 9.61. The first kappa shape index (κ1) is 15.8. The third-order valence-electron chi connectivity index (χ3n) is 4.23. The largest absolute Gasteiger partial charge is 0.312 e. The summed E-state index contributed by atoms with van der Waals surface area (Å²) >= 11 is 6.32. The van der Waals surface area contributed by atoms with Crippen LogP contribution in [0.1, 0.15) is 12.5 Å². The van der Waals surface area contributed by atoms with Gasteiger partial charge in [-0.3, -0.25) is 4.90 Å². The van der Waals surface area contributed by atoms with E-state index in [0.29, 0.717) is 12.1 Å². The van der Waals surface area contributed by atoms with Gasteiger partial charge in [-0.1, -0.05) is 36.7 Å². The maximum absolute atomic E-state index is 6.32. The lowest BCUT2D eigenvalue weighted by Crippen LogP contribution is -2.59. The zero-order chi connectivity index (χ0) is 14.5. The van der Waals surface area contributed by atoms with Crippen LogP contribution in [0.2, 0.25) is 5.02 Å². The van der Waals surface area contributed by atoms with Crippen LogP contribution < -0.4 is 5.32 Å². The van der Waals surface area contributed by atoms with E-state index in [1.165, 1.54) is 5.56 Å². The SMILES string of the molecule is CCNC(Cc1ccccc1Cl)C1CN(C)CCN1C. The Kier molecular flexibility index (Phi) is 5.85. The predicted octanol–water partition coefficient (Wildman–Crippen LogP) is 2.11. The molecule has 1 aromatic carbocycles. The van der Waals surface area contributed by atoms with Gasteiger partial charge in [-0.15, -0.1) is 0 Å². The highest BCUT2D eigenvalue weighted by molar-refractivity contribution is 6.31. The summed E-state index contributed by atoms with van der Waals surface area (Å²) in [5.74, 6) is 0. The minimum Gasteiger partial charge on any atom is -0.312 e. The summed E-state index contributed by atoms with van der Waals surface area (Å²) < 4.78 is 0. The molecule has 0 aromatic heterocycles. The van der Waals surface area contributed by atoms with Crippen molar-refractivity contribution in [3.05, 3.63) is 34.9 Å². The van der Waals surface area contributed by atoms with Crippen molar-refractivity contribution in [2.45, 2.75) is 25.4 Å². The molecule has 0 amide bonds. The summed E-state index contributed by atoms with van der Waals surface area (Å²) in [7, 11) is 4.44. The van der Waals surface area contributed by atoms with Gasteiger partial charge in [0.1, 0.15) is 0 Å². The molecule has 2 rings (SSSR count). The molecular weight excluding hydrogens is 270 g/mol. The second-order valence-corrected chi connectivity index (χ2v) is 6.18. The third kappa shape index (κ3) is 3.95. The first-order valence-corrected chi connectivity index (χ1v) is 7.85. The van der Waals surface area contributed by atoms with E-state index < -0.39 is 0 Å². The molecule has 4 heteroatoms. The number of nitrogens with zero attached hydrogens (tertiary/aromatic N) is 2. The molecule has 20 heavy (non-hydrogen) atoms. The second-order valence-electron chi connectivity index (χ2n) is 5.77. The van der Waals surface area contributed by atoms with Crippen LogP contribution in [-0.2, 0) is 6.42 Å². The summed E-state index contributed by atoms with van der Waals surface area (Å²) in [6.45, 7) is 6.55. The maximum Gasteiger partial charge on any atom is 0.0438 e. The summed E-state index contributed by atoms with van der Waals surface area (Å²) in [6, 6.07) is 9.16. The summed E-state index contributed by atoms with van der Waals surface area (Å²) in [5.41, 5.74) is 1.24. The molecular formula is C16H26ClN3. The predicted molar refractivity (Wildman–Crippen MR) is 86.5 cm³/mol. The molecule has 112 valence electrons. The lowest BCUT2D eigenvalue weighted by Gasteiger charge is -2.42. The minimum absolute atomic E-state index is 0.438. The van der Waals surface area contributed by atoms with Crippen LogP contribution in [0.3, 0.4) is 0 Å². The molecule has 0 radical (unpaired) electrons. The number of halogens is 1. The number of benzene rings is 1. The lowest BCUT2D eigenvalue weighted by atomic mass is 9.96. The van der Waals surface area contributed by atoms with E-state index in [-0.39, 0.29) is 0 Å². The Bertz CT molecular complexity index is 424. The average Bonchev–Trinajstić information content (AvgIpc) is 2.43. The van der Waals surface area contributed by atoms with E-state index in [1.807, 2.05) is 12.1 Å². The molecule has 3 nitrogen and oxygen atoms in total. The van der Waals surface area contributed by atoms with Crippen LogP contribution in [0.25, 0.3) is 0 Å². The number of nitrogens with one attached hydrogen (secondary N) is 1. The highest BCUT2D eigenvalue weighted by Gasteiger charge is 2.29. The second kappa shape index (κ2) is 7.41. The topological polar surface area (TPSA) is 18.5 Å². The standard InChI is InChI=1S/C16H26ClN3/c1-4-18-15(11-13-7-5-6-8-14(13)17)16-12-19(2)9-10-20(16)3/h5-8,15-16,18H,4,9-12H2,1-3H3. The van der Waals surface area contributed by atoms with Gasteiger partial charge >= 0.3 is 0 Å². The van der Waals surface area contributed by atoms with Crippen molar-refractivity contribution in [1.29, 1.82) is 0 Å². The fraction of sp³-hybridized carbons (Fsp3) is 0.625. The van der Waals surface area contributed by atoms with Gasteiger partial charge in [-0.25, -0.2) is 0 Å². The van der Waals surface area contributed by atoms with Gasteiger partial charge in [0.15, 0.2) is 0 Å². The van der Waals surface area contributed by atoms with E-state index in [1.54, 1.807) is 0 Å². The average molecular weight is 296 g/mol. The van der Waals surface area contributed by atoms with Crippen molar-refractivity contribution < 1.29 is 0 Å². The Labute approximate surface area is 127 Å². The molecule has 1 fully saturated rings. The zero-order valence-electron chi connectivity index (χ0n) is 12.8. The lowest BCUT2D eigenvalue weighted by molar-refractivity contribution is 0.0881. The number of piperazine rings is 1. The molecule has 1 aliphatic rings. The quantitative estimate of drug-likeness (QED) is 0.897. The van der Waals surface area contributed by atoms with E-state index >= 15 is 0 Å². The van der Waals surface area contributed by atoms with Crippen LogP contribution in [0.5, 0.6) is 0 Å². The van der Waals surface area contributed by atoms with Crippen LogP contribution in [0, 0.1) is 0 Å². The van der Waals surface area contributed by atoms with E-state index in [2.05, 4.69) is 48.3 Å². The summed E-state index contributed by atoms with van der Waals surface area (Å²) in [5, 5.41) is 4.53. The molecule has 1 heterocycles. The minimum atomic E-state index is 0.438. The van der Waals surface area contributed by atoms with Crippen molar-refractivity contribution in [3.8, 4) is 0 Å². The fourth-order valence-electron chi connectivity index (χ4n) is 2.99. The monoisotopic (exact) mass is 295 g/mol. The third-order valence-corrected chi connectivity index (χ3v) is 4.60. The van der Waals surface area contributed by atoms with Gasteiger partial charge in [0, 0.05) is 36.7 Å². The highest BCUT2D eigenvalue weighted by atomic mass is 35.5.